The van der Waals surface area contributed by atoms with E-state index in [9.17, 15) is 4.79 Å². The minimum absolute atomic E-state index is 0.00603. The summed E-state index contributed by atoms with van der Waals surface area (Å²) in [6.45, 7) is 1.97. The highest BCUT2D eigenvalue weighted by Crippen LogP contribution is 2.17. The molecule has 0 spiro atoms. The van der Waals surface area contributed by atoms with E-state index in [1.807, 2.05) is 55.5 Å². The first-order chi connectivity index (χ1) is 10.6. The third kappa shape index (κ3) is 4.25. The van der Waals surface area contributed by atoms with Crippen molar-refractivity contribution in [1.29, 1.82) is 0 Å². The van der Waals surface area contributed by atoms with Gasteiger partial charge in [0, 0.05) is 0 Å². The van der Waals surface area contributed by atoms with Crippen LogP contribution in [0.25, 0.3) is 0 Å². The van der Waals surface area contributed by atoms with Gasteiger partial charge >= 0.3 is 0 Å². The standard InChI is InChI=1S/C18H21NO3/c1-13(15-6-10-17(22-3)11-7-15)19-18(20)12-14-4-8-16(21-2)9-5-14/h4-11,13H,12H2,1-3H3,(H,19,20)/t13-/m0/s1. The highest BCUT2D eigenvalue weighted by Gasteiger charge is 2.10. The molecule has 4 heteroatoms. The molecule has 0 saturated carbocycles. The zero-order chi connectivity index (χ0) is 15.9. The topological polar surface area (TPSA) is 47.6 Å². The molecule has 2 aromatic rings. The van der Waals surface area contributed by atoms with Crippen LogP contribution in [0.2, 0.25) is 0 Å². The highest BCUT2D eigenvalue weighted by molar-refractivity contribution is 5.79. The van der Waals surface area contributed by atoms with Gasteiger partial charge in [-0.1, -0.05) is 24.3 Å². The number of carbonyl (C=O) groups excluding carboxylic acids is 1. The van der Waals surface area contributed by atoms with Crippen molar-refractivity contribution >= 4 is 5.91 Å². The predicted molar refractivity (Wildman–Crippen MR) is 86.2 cm³/mol. The Morgan fingerprint density at radius 3 is 1.95 bits per heavy atom. The van der Waals surface area contributed by atoms with E-state index in [0.717, 1.165) is 22.6 Å². The number of rotatable bonds is 6. The van der Waals surface area contributed by atoms with Gasteiger partial charge in [-0.15, -0.1) is 0 Å². The van der Waals surface area contributed by atoms with Crippen molar-refractivity contribution in [1.82, 2.24) is 5.32 Å². The summed E-state index contributed by atoms with van der Waals surface area (Å²) in [5, 5.41) is 3.00. The Bertz CT molecular complexity index is 605. The first-order valence-corrected chi connectivity index (χ1v) is 7.18. The number of carbonyl (C=O) groups is 1. The van der Waals surface area contributed by atoms with Crippen molar-refractivity contribution in [3.63, 3.8) is 0 Å². The maximum absolute atomic E-state index is 12.1. The van der Waals surface area contributed by atoms with E-state index >= 15 is 0 Å². The fraction of sp³-hybridized carbons (Fsp3) is 0.278. The lowest BCUT2D eigenvalue weighted by Crippen LogP contribution is -2.28. The van der Waals surface area contributed by atoms with E-state index in [1.165, 1.54) is 0 Å². The van der Waals surface area contributed by atoms with Crippen LogP contribution in [0.3, 0.4) is 0 Å². The predicted octanol–water partition coefficient (Wildman–Crippen LogP) is 3.12. The Kier molecular flexibility index (Phi) is 5.42. The lowest BCUT2D eigenvalue weighted by molar-refractivity contribution is -0.121. The van der Waals surface area contributed by atoms with Crippen LogP contribution in [0, 0.1) is 0 Å². The van der Waals surface area contributed by atoms with Crippen LogP contribution in [0.1, 0.15) is 24.1 Å². The van der Waals surface area contributed by atoms with E-state index in [2.05, 4.69) is 5.32 Å². The Morgan fingerprint density at radius 1 is 0.955 bits per heavy atom. The second-order valence-corrected chi connectivity index (χ2v) is 5.09. The van der Waals surface area contributed by atoms with Gasteiger partial charge in [-0.25, -0.2) is 0 Å². The first-order valence-electron chi connectivity index (χ1n) is 7.18. The van der Waals surface area contributed by atoms with Crippen LogP contribution in [-0.2, 0) is 11.2 Å². The Morgan fingerprint density at radius 2 is 1.45 bits per heavy atom. The number of ether oxygens (including phenoxy) is 2. The van der Waals surface area contributed by atoms with Crippen molar-refractivity contribution < 1.29 is 14.3 Å². The van der Waals surface area contributed by atoms with Crippen molar-refractivity contribution in [3.8, 4) is 11.5 Å². The van der Waals surface area contributed by atoms with E-state index in [1.54, 1.807) is 14.2 Å². The second kappa shape index (κ2) is 7.50. The molecule has 0 aliphatic heterocycles. The molecule has 0 heterocycles. The SMILES string of the molecule is COc1ccc(CC(=O)N[C@@H](C)c2ccc(OC)cc2)cc1. The zero-order valence-electron chi connectivity index (χ0n) is 13.1. The van der Waals surface area contributed by atoms with Gasteiger partial charge in [-0.2, -0.15) is 0 Å². The van der Waals surface area contributed by atoms with Crippen LogP contribution in [-0.4, -0.2) is 20.1 Å². The molecule has 116 valence electrons. The van der Waals surface area contributed by atoms with Crippen LogP contribution < -0.4 is 14.8 Å². The summed E-state index contributed by atoms with van der Waals surface area (Å²) >= 11 is 0. The van der Waals surface area contributed by atoms with E-state index in [0.29, 0.717) is 6.42 Å². The van der Waals surface area contributed by atoms with E-state index in [-0.39, 0.29) is 11.9 Å². The lowest BCUT2D eigenvalue weighted by atomic mass is 10.1. The molecule has 0 fully saturated rings. The van der Waals surface area contributed by atoms with Gasteiger partial charge in [0.25, 0.3) is 0 Å². The second-order valence-electron chi connectivity index (χ2n) is 5.09. The fourth-order valence-corrected chi connectivity index (χ4v) is 2.20. The number of nitrogens with one attached hydrogen (secondary N) is 1. The maximum Gasteiger partial charge on any atom is 0.224 e. The molecule has 0 aromatic heterocycles. The van der Waals surface area contributed by atoms with Crippen LogP contribution in [0.15, 0.2) is 48.5 Å². The van der Waals surface area contributed by atoms with Gasteiger partial charge in [0.2, 0.25) is 5.91 Å². The van der Waals surface area contributed by atoms with Gasteiger partial charge in [0.1, 0.15) is 11.5 Å². The number of hydrogen-bond acceptors (Lipinski definition) is 3. The molecule has 0 radical (unpaired) electrons. The van der Waals surface area contributed by atoms with Gasteiger partial charge in [0.15, 0.2) is 0 Å². The molecule has 1 N–H and O–H groups in total. The minimum Gasteiger partial charge on any atom is -0.497 e. The summed E-state index contributed by atoms with van der Waals surface area (Å²) in [4.78, 5) is 12.1. The Labute approximate surface area is 131 Å². The molecule has 22 heavy (non-hydrogen) atoms. The van der Waals surface area contributed by atoms with Gasteiger partial charge in [0.05, 0.1) is 26.7 Å². The molecule has 0 unspecified atom stereocenters. The summed E-state index contributed by atoms with van der Waals surface area (Å²) in [6.07, 6.45) is 0.352. The average Bonchev–Trinajstić information content (AvgIpc) is 2.55. The zero-order valence-corrected chi connectivity index (χ0v) is 13.1. The summed E-state index contributed by atoms with van der Waals surface area (Å²) < 4.78 is 10.2. The maximum atomic E-state index is 12.1. The average molecular weight is 299 g/mol. The quantitative estimate of drug-likeness (QED) is 0.891. The van der Waals surface area contributed by atoms with E-state index in [4.69, 9.17) is 9.47 Å². The molecule has 4 nitrogen and oxygen atoms in total. The lowest BCUT2D eigenvalue weighted by Gasteiger charge is -2.15. The number of hydrogen-bond donors (Lipinski definition) is 1. The molecule has 2 rings (SSSR count). The monoisotopic (exact) mass is 299 g/mol. The molecular weight excluding hydrogens is 278 g/mol. The van der Waals surface area contributed by atoms with Crippen LogP contribution in [0.4, 0.5) is 0 Å². The van der Waals surface area contributed by atoms with Crippen LogP contribution >= 0.6 is 0 Å². The van der Waals surface area contributed by atoms with Crippen LogP contribution in [0.5, 0.6) is 11.5 Å². The normalized spacial score (nSPS) is 11.6. The van der Waals surface area contributed by atoms with Gasteiger partial charge in [-0.05, 0) is 42.3 Å². The molecule has 0 aliphatic rings. The summed E-state index contributed by atoms with van der Waals surface area (Å²) in [7, 11) is 3.26. The van der Waals surface area contributed by atoms with Crippen molar-refractivity contribution in [3.05, 3.63) is 59.7 Å². The third-order valence-corrected chi connectivity index (χ3v) is 3.52. The van der Waals surface area contributed by atoms with Crippen molar-refractivity contribution in [2.45, 2.75) is 19.4 Å². The minimum atomic E-state index is -0.0448. The molecule has 0 bridgehead atoms. The Hall–Kier alpha value is -2.49. The number of benzene rings is 2. The molecule has 0 saturated heterocycles. The molecule has 1 amide bonds. The van der Waals surface area contributed by atoms with Crippen molar-refractivity contribution in [2.24, 2.45) is 0 Å². The first kappa shape index (κ1) is 15.9. The summed E-state index contributed by atoms with van der Waals surface area (Å²) in [5.74, 6) is 1.59. The highest BCUT2D eigenvalue weighted by atomic mass is 16.5. The molecule has 1 atom stereocenters. The van der Waals surface area contributed by atoms with Crippen molar-refractivity contribution in [2.75, 3.05) is 14.2 Å². The molecule has 0 aliphatic carbocycles. The third-order valence-electron chi connectivity index (χ3n) is 3.52. The summed E-state index contributed by atoms with van der Waals surface area (Å²) in [6, 6.07) is 15.2. The number of methoxy groups -OCH3 is 2. The molecule has 2 aromatic carbocycles. The smallest absolute Gasteiger partial charge is 0.224 e. The van der Waals surface area contributed by atoms with Gasteiger partial charge < -0.3 is 14.8 Å². The summed E-state index contributed by atoms with van der Waals surface area (Å²) in [5.41, 5.74) is 2.00. The van der Waals surface area contributed by atoms with E-state index < -0.39 is 0 Å². The largest absolute Gasteiger partial charge is 0.497 e. The van der Waals surface area contributed by atoms with Gasteiger partial charge in [-0.3, -0.25) is 4.79 Å². The Balaban J connectivity index is 1.92. The molecular formula is C18H21NO3. The number of amides is 1. The fourth-order valence-electron chi connectivity index (χ4n) is 2.20.